The molecule has 3 amide bonds. The lowest BCUT2D eigenvalue weighted by Crippen LogP contribution is -2.58. The summed E-state index contributed by atoms with van der Waals surface area (Å²) >= 11 is 7.03. The van der Waals surface area contributed by atoms with Crippen LogP contribution in [-0.4, -0.2) is 108 Å². The predicted octanol–water partition coefficient (Wildman–Crippen LogP) is 9.08. The van der Waals surface area contributed by atoms with Crippen molar-refractivity contribution in [2.45, 2.75) is 84.7 Å². The number of thiocarbonyl (C=S) groups is 1. The molecule has 3 aromatic carbocycles. The number of aryl methyl sites for hydroxylation is 1. The highest BCUT2D eigenvalue weighted by atomic mass is 32.1. The SMILES string of the molecule is Cc1ncsc1-c1ccc(CNC(=O)[C@@H]2CCCN2C(=O)C(NC(=O)COCCOCCOc2c(F)cc(-c3ncc(N(C(=S)N(C)c4ccc(C#N)c(C(F)(F)F)c4F)C(C)(C)C=O)cc3F)cc2F)C(C)(C)C)cc1. The maximum Gasteiger partial charge on any atom is 0.420 e. The summed E-state index contributed by atoms with van der Waals surface area (Å²) in [5.41, 5.74) is -2.44. The molecule has 1 fully saturated rings. The fourth-order valence-corrected chi connectivity index (χ4v) is 9.61. The van der Waals surface area contributed by atoms with Gasteiger partial charge in [0.2, 0.25) is 17.7 Å². The quantitative estimate of drug-likeness (QED) is 0.0327. The van der Waals surface area contributed by atoms with Gasteiger partial charge in [-0.2, -0.15) is 18.4 Å². The molecule has 1 aliphatic heterocycles. The van der Waals surface area contributed by atoms with Crippen LogP contribution in [0.2, 0.25) is 0 Å². The van der Waals surface area contributed by atoms with Crippen molar-refractivity contribution in [1.82, 2.24) is 25.5 Å². The van der Waals surface area contributed by atoms with E-state index in [9.17, 15) is 32.3 Å². The molecule has 2 aromatic heterocycles. The average Bonchev–Trinajstić information content (AvgIpc) is 4.06. The molecule has 2 N–H and O–H groups in total. The Labute approximate surface area is 449 Å². The minimum absolute atomic E-state index is 0.0581. The van der Waals surface area contributed by atoms with Crippen LogP contribution in [0.4, 0.5) is 42.1 Å². The molecule has 3 heterocycles. The molecular weight excluding hydrogens is 1060 g/mol. The number of halogens is 7. The lowest BCUT2D eigenvalue weighted by molar-refractivity contribution is -0.144. The van der Waals surface area contributed by atoms with Crippen LogP contribution in [0.15, 0.2) is 66.3 Å². The standard InChI is InChI=1S/C53H55F7N8O7S2/c1-30-46(77-29-64-30)32-12-10-31(11-13-32)25-63-48(71)40-9-8-16-67(40)49(72)47(51(2,3)4)65-41(70)27-74-18-17-73-19-20-75-45-37(55)21-34(22-38(45)56)44-36(54)23-35(26-62-44)68(52(5,6)28-69)50(76)66(7)39-15-14-33(24-61)42(43(39)57)53(58,59)60/h10-15,21-23,26,28-29,40,47H,8-9,16-20,25,27H2,1-7H3,(H,63,71)(H,65,70)/t40-,47?/m0/s1. The molecule has 0 radical (unpaired) electrons. The van der Waals surface area contributed by atoms with Gasteiger partial charge in [0.1, 0.15) is 42.8 Å². The van der Waals surface area contributed by atoms with Gasteiger partial charge in [-0.25, -0.2) is 22.5 Å². The van der Waals surface area contributed by atoms with Crippen LogP contribution in [0.1, 0.15) is 69.8 Å². The third-order valence-corrected chi connectivity index (χ3v) is 13.8. The van der Waals surface area contributed by atoms with Gasteiger partial charge in [0, 0.05) is 31.8 Å². The van der Waals surface area contributed by atoms with E-state index in [4.69, 9.17) is 31.7 Å². The number of nitrogens with zero attached hydrogens (tertiary/aromatic N) is 6. The Kier molecular flexibility index (Phi) is 19.2. The number of carbonyl (C=O) groups excluding carboxylic acids is 4. The number of alkyl halides is 3. The fourth-order valence-electron chi connectivity index (χ4n) is 8.35. The zero-order chi connectivity index (χ0) is 56.6. The molecule has 24 heteroatoms. The number of aromatic nitrogens is 2. The molecule has 2 atom stereocenters. The molecule has 6 rings (SSSR count). The molecule has 0 bridgehead atoms. The van der Waals surface area contributed by atoms with Gasteiger partial charge >= 0.3 is 6.18 Å². The highest BCUT2D eigenvalue weighted by Gasteiger charge is 2.43. The van der Waals surface area contributed by atoms with Gasteiger partial charge in [0.05, 0.1) is 70.6 Å². The van der Waals surface area contributed by atoms with E-state index in [1.165, 1.54) is 24.8 Å². The lowest BCUT2D eigenvalue weighted by Gasteiger charge is -2.39. The highest BCUT2D eigenvalue weighted by Crippen LogP contribution is 2.39. The Morgan fingerprint density at radius 2 is 1.60 bits per heavy atom. The van der Waals surface area contributed by atoms with Crippen LogP contribution in [0.3, 0.4) is 0 Å². The molecule has 0 spiro atoms. The first-order valence-electron chi connectivity index (χ1n) is 23.9. The Morgan fingerprint density at radius 3 is 2.19 bits per heavy atom. The van der Waals surface area contributed by atoms with Gasteiger partial charge in [-0.15, -0.1) is 11.3 Å². The first-order valence-corrected chi connectivity index (χ1v) is 25.2. The third-order valence-electron chi connectivity index (χ3n) is 12.4. The molecular formula is C53H55F7N8O7S2. The number of aldehydes is 1. The van der Waals surface area contributed by atoms with Crippen molar-refractivity contribution in [2.24, 2.45) is 5.41 Å². The zero-order valence-electron chi connectivity index (χ0n) is 43.0. The number of anilines is 2. The van der Waals surface area contributed by atoms with Gasteiger partial charge in [0.25, 0.3) is 0 Å². The van der Waals surface area contributed by atoms with Crippen molar-refractivity contribution in [3.05, 3.63) is 112 Å². The highest BCUT2D eigenvalue weighted by molar-refractivity contribution is 7.80. The fraction of sp³-hybridized carbons (Fsp3) is 0.396. The molecule has 1 unspecified atom stereocenters. The Bertz CT molecular complexity index is 3010. The van der Waals surface area contributed by atoms with Gasteiger partial charge in [-0.05, 0) is 86.6 Å². The number of carbonyl (C=O) groups is 4. The summed E-state index contributed by atoms with van der Waals surface area (Å²) in [6, 6.07) is 11.4. The van der Waals surface area contributed by atoms with Crippen LogP contribution in [0.25, 0.3) is 21.7 Å². The van der Waals surface area contributed by atoms with E-state index in [2.05, 4.69) is 20.6 Å². The number of benzene rings is 3. The Hall–Kier alpha value is -7.07. The van der Waals surface area contributed by atoms with E-state index in [1.54, 1.807) is 37.6 Å². The van der Waals surface area contributed by atoms with Crippen LogP contribution >= 0.6 is 23.6 Å². The van der Waals surface area contributed by atoms with Crippen molar-refractivity contribution >= 4 is 64.0 Å². The number of nitrogens with one attached hydrogen (secondary N) is 2. The number of likely N-dealkylation sites (tertiary alicyclic amines) is 1. The predicted molar refractivity (Wildman–Crippen MR) is 277 cm³/mol. The summed E-state index contributed by atoms with van der Waals surface area (Å²) in [4.78, 5) is 65.3. The van der Waals surface area contributed by atoms with Crippen molar-refractivity contribution in [2.75, 3.05) is 56.4 Å². The smallest absolute Gasteiger partial charge is 0.420 e. The second-order valence-electron chi connectivity index (χ2n) is 19.4. The van der Waals surface area contributed by atoms with Gasteiger partial charge < -0.3 is 44.3 Å². The zero-order valence-corrected chi connectivity index (χ0v) is 44.6. The van der Waals surface area contributed by atoms with Crippen molar-refractivity contribution in [1.29, 1.82) is 5.26 Å². The largest absolute Gasteiger partial charge is 0.485 e. The number of pyridine rings is 1. The average molecular weight is 1110 g/mol. The van der Waals surface area contributed by atoms with Crippen LogP contribution in [0, 0.1) is 46.9 Å². The second-order valence-corrected chi connectivity index (χ2v) is 20.6. The third kappa shape index (κ3) is 14.1. The molecule has 410 valence electrons. The number of hydrogen-bond acceptors (Lipinski definition) is 12. The summed E-state index contributed by atoms with van der Waals surface area (Å²) in [6.07, 6.45) is -2.81. The first kappa shape index (κ1) is 59.2. The second kappa shape index (κ2) is 24.9. The topological polar surface area (TPSA) is 179 Å². The van der Waals surface area contributed by atoms with Gasteiger partial charge in [-0.3, -0.25) is 19.4 Å². The van der Waals surface area contributed by atoms with E-state index in [-0.39, 0.29) is 50.1 Å². The van der Waals surface area contributed by atoms with Gasteiger partial charge in [0.15, 0.2) is 34.1 Å². The number of rotatable bonds is 20. The number of nitriles is 1. The minimum Gasteiger partial charge on any atom is -0.485 e. The van der Waals surface area contributed by atoms with Crippen molar-refractivity contribution in [3.8, 4) is 33.5 Å². The molecule has 15 nitrogen and oxygen atoms in total. The van der Waals surface area contributed by atoms with Crippen molar-refractivity contribution in [3.63, 3.8) is 0 Å². The summed E-state index contributed by atoms with van der Waals surface area (Å²) in [5, 5.41) is 14.4. The Morgan fingerprint density at radius 1 is 0.935 bits per heavy atom. The van der Waals surface area contributed by atoms with E-state index in [1.807, 2.05) is 31.2 Å². The molecule has 1 saturated heterocycles. The normalized spacial score (nSPS) is 14.1. The molecule has 0 saturated carbocycles. The summed E-state index contributed by atoms with van der Waals surface area (Å²) in [5.74, 6) is -7.54. The maximum absolute atomic E-state index is 15.8. The van der Waals surface area contributed by atoms with E-state index in [0.717, 1.165) is 75.1 Å². The summed E-state index contributed by atoms with van der Waals surface area (Å²) < 4.78 is 119. The van der Waals surface area contributed by atoms with E-state index in [0.29, 0.717) is 25.7 Å². The minimum atomic E-state index is -5.26. The van der Waals surface area contributed by atoms with Crippen molar-refractivity contribution < 1.29 is 64.1 Å². The van der Waals surface area contributed by atoms with E-state index >= 15 is 17.6 Å². The number of amides is 3. The first-order chi connectivity index (χ1) is 36.3. The molecule has 0 aliphatic carbocycles. The number of ether oxygens (including phenoxy) is 3. The van der Waals surface area contributed by atoms with Crippen LogP contribution in [-0.2, 0) is 41.4 Å². The monoisotopic (exact) mass is 1110 g/mol. The summed E-state index contributed by atoms with van der Waals surface area (Å²) in [6.45, 7) is 9.50. The van der Waals surface area contributed by atoms with E-state index < -0.39 is 104 Å². The molecule has 1 aliphatic rings. The number of hydrogen-bond donors (Lipinski definition) is 2. The number of thiazole rings is 1. The van der Waals surface area contributed by atoms with Crippen LogP contribution < -0.4 is 25.2 Å². The maximum atomic E-state index is 15.8. The summed E-state index contributed by atoms with van der Waals surface area (Å²) in [7, 11) is 1.09. The molecule has 77 heavy (non-hydrogen) atoms. The van der Waals surface area contributed by atoms with Gasteiger partial charge in [-0.1, -0.05) is 45.0 Å². The Balaban J connectivity index is 0.970. The lowest BCUT2D eigenvalue weighted by atomic mass is 9.85. The van der Waals surface area contributed by atoms with Crippen LogP contribution in [0.5, 0.6) is 5.75 Å². The molecule has 5 aromatic rings.